The Hall–Kier alpha value is -2.62. The number of aryl methyl sites for hydroxylation is 2. The lowest BCUT2D eigenvalue weighted by Crippen LogP contribution is -2.12. The van der Waals surface area contributed by atoms with Crippen LogP contribution in [0.5, 0.6) is 0 Å². The van der Waals surface area contributed by atoms with Crippen molar-refractivity contribution in [2.75, 3.05) is 5.32 Å². The minimum absolute atomic E-state index is 0.0382. The molecule has 0 aliphatic rings. The highest BCUT2D eigenvalue weighted by Crippen LogP contribution is 2.18. The summed E-state index contributed by atoms with van der Waals surface area (Å²) >= 11 is 0. The molecular weight excluding hydrogens is 310 g/mol. The molecule has 0 fully saturated rings. The monoisotopic (exact) mass is 335 g/mol. The van der Waals surface area contributed by atoms with E-state index in [4.69, 9.17) is 0 Å². The number of aromatic amines is 1. The number of amides is 1. The van der Waals surface area contributed by atoms with E-state index < -0.39 is 0 Å². The number of anilines is 1. The van der Waals surface area contributed by atoms with Gasteiger partial charge in [-0.15, -0.1) is 0 Å². The number of imidazole rings is 1. The van der Waals surface area contributed by atoms with E-state index in [1.165, 1.54) is 5.56 Å². The van der Waals surface area contributed by atoms with Crippen molar-refractivity contribution in [3.05, 3.63) is 59.4 Å². The first-order valence-corrected chi connectivity index (χ1v) is 8.92. The lowest BCUT2D eigenvalue weighted by Gasteiger charge is -2.08. The maximum atomic E-state index is 12.2. The van der Waals surface area contributed by atoms with Gasteiger partial charge in [0, 0.05) is 18.5 Å². The van der Waals surface area contributed by atoms with Gasteiger partial charge in [-0.2, -0.15) is 0 Å². The van der Waals surface area contributed by atoms with Crippen molar-refractivity contribution >= 4 is 22.6 Å². The maximum absolute atomic E-state index is 12.2. The molecule has 3 aromatic rings. The van der Waals surface area contributed by atoms with Gasteiger partial charge in [0.1, 0.15) is 5.82 Å². The first kappa shape index (κ1) is 17.2. The quantitative estimate of drug-likeness (QED) is 0.678. The second kappa shape index (κ2) is 7.51. The normalized spacial score (nSPS) is 11.2. The number of nitrogens with zero attached hydrogens (tertiary/aromatic N) is 1. The molecule has 0 aliphatic carbocycles. The number of H-pyrrole nitrogens is 1. The zero-order valence-electron chi connectivity index (χ0n) is 15.1. The predicted molar refractivity (Wildman–Crippen MR) is 103 cm³/mol. The highest BCUT2D eigenvalue weighted by Gasteiger charge is 2.06. The first-order valence-electron chi connectivity index (χ1n) is 8.92. The Morgan fingerprint density at radius 2 is 1.92 bits per heavy atom. The van der Waals surface area contributed by atoms with Crippen LogP contribution in [-0.2, 0) is 17.6 Å². The van der Waals surface area contributed by atoms with Crippen LogP contribution in [0.15, 0.2) is 42.5 Å². The minimum atomic E-state index is 0.0382. The molecule has 0 unspecified atom stereocenters. The number of hydrogen-bond acceptors (Lipinski definition) is 2. The van der Waals surface area contributed by atoms with Gasteiger partial charge in [0.05, 0.1) is 11.0 Å². The maximum Gasteiger partial charge on any atom is 0.224 e. The average Bonchev–Trinajstić information content (AvgIpc) is 3.03. The largest absolute Gasteiger partial charge is 0.342 e. The van der Waals surface area contributed by atoms with Gasteiger partial charge in [-0.3, -0.25) is 4.79 Å². The first-order chi connectivity index (χ1) is 12.0. The van der Waals surface area contributed by atoms with Crippen LogP contribution in [0, 0.1) is 0 Å². The molecule has 0 aliphatic heterocycles. The predicted octanol–water partition coefficient (Wildman–Crippen LogP) is 4.82. The highest BCUT2D eigenvalue weighted by atomic mass is 16.1. The summed E-state index contributed by atoms with van der Waals surface area (Å²) in [6.07, 6.45) is 2.07. The minimum Gasteiger partial charge on any atom is -0.342 e. The number of hydrogen-bond donors (Lipinski definition) is 2. The molecule has 4 nitrogen and oxygen atoms in total. The van der Waals surface area contributed by atoms with Gasteiger partial charge in [0.2, 0.25) is 5.91 Å². The lowest BCUT2D eigenvalue weighted by molar-refractivity contribution is -0.116. The van der Waals surface area contributed by atoms with Gasteiger partial charge < -0.3 is 10.3 Å². The fourth-order valence-corrected chi connectivity index (χ4v) is 2.87. The molecule has 25 heavy (non-hydrogen) atoms. The average molecular weight is 335 g/mol. The van der Waals surface area contributed by atoms with Crippen LogP contribution in [0.1, 0.15) is 50.1 Å². The van der Waals surface area contributed by atoms with E-state index >= 15 is 0 Å². The van der Waals surface area contributed by atoms with Crippen molar-refractivity contribution in [3.8, 4) is 0 Å². The zero-order chi connectivity index (χ0) is 17.8. The molecular formula is C21H25N3O. The second-order valence-corrected chi connectivity index (χ2v) is 6.71. The fraction of sp³-hybridized carbons (Fsp3) is 0.333. The molecule has 1 amide bonds. The van der Waals surface area contributed by atoms with E-state index in [-0.39, 0.29) is 5.91 Å². The third kappa shape index (κ3) is 4.27. The second-order valence-electron chi connectivity index (χ2n) is 6.71. The van der Waals surface area contributed by atoms with Gasteiger partial charge in [-0.1, -0.05) is 39.0 Å². The van der Waals surface area contributed by atoms with Gasteiger partial charge >= 0.3 is 0 Å². The molecule has 0 atom stereocenters. The third-order valence-electron chi connectivity index (χ3n) is 4.43. The fourth-order valence-electron chi connectivity index (χ4n) is 2.87. The van der Waals surface area contributed by atoms with E-state index in [2.05, 4.69) is 54.3 Å². The van der Waals surface area contributed by atoms with Crippen molar-refractivity contribution in [3.63, 3.8) is 0 Å². The highest BCUT2D eigenvalue weighted by molar-refractivity contribution is 5.90. The summed E-state index contributed by atoms with van der Waals surface area (Å²) in [5.74, 6) is 1.53. The Labute approximate surface area is 148 Å². The number of rotatable bonds is 6. The molecule has 1 aromatic heterocycles. The van der Waals surface area contributed by atoms with Crippen LogP contribution in [0.25, 0.3) is 11.0 Å². The molecule has 0 saturated carbocycles. The Kier molecular flexibility index (Phi) is 5.17. The van der Waals surface area contributed by atoms with E-state index in [1.807, 2.05) is 24.3 Å². The summed E-state index contributed by atoms with van der Waals surface area (Å²) in [6.45, 7) is 6.40. The van der Waals surface area contributed by atoms with Gasteiger partial charge in [-0.05, 0) is 47.7 Å². The molecule has 2 aromatic carbocycles. The number of aromatic nitrogens is 2. The number of fused-ring (bicyclic) bond motifs is 1. The van der Waals surface area contributed by atoms with Crippen molar-refractivity contribution in [2.24, 2.45) is 0 Å². The molecule has 1 heterocycles. The number of benzene rings is 2. The number of carbonyl (C=O) groups excluding carboxylic acids is 1. The number of carbonyl (C=O) groups is 1. The molecule has 0 bridgehead atoms. The Morgan fingerprint density at radius 1 is 1.16 bits per heavy atom. The molecule has 130 valence electrons. The molecule has 0 radical (unpaired) electrons. The van der Waals surface area contributed by atoms with Crippen LogP contribution < -0.4 is 5.32 Å². The summed E-state index contributed by atoms with van der Waals surface area (Å²) in [6, 6.07) is 14.2. The third-order valence-corrected chi connectivity index (χ3v) is 4.43. The Morgan fingerprint density at radius 3 is 2.60 bits per heavy atom. The molecule has 2 N–H and O–H groups in total. The van der Waals surface area contributed by atoms with Crippen molar-refractivity contribution in [2.45, 2.75) is 46.0 Å². The van der Waals surface area contributed by atoms with E-state index in [0.717, 1.165) is 34.5 Å². The van der Waals surface area contributed by atoms with Crippen molar-refractivity contribution in [1.82, 2.24) is 9.97 Å². The van der Waals surface area contributed by atoms with Crippen LogP contribution in [-0.4, -0.2) is 15.9 Å². The van der Waals surface area contributed by atoms with Crippen molar-refractivity contribution < 1.29 is 4.79 Å². The van der Waals surface area contributed by atoms with Crippen LogP contribution in [0.4, 0.5) is 5.69 Å². The zero-order valence-corrected chi connectivity index (χ0v) is 15.1. The van der Waals surface area contributed by atoms with E-state index in [0.29, 0.717) is 18.8 Å². The lowest BCUT2D eigenvalue weighted by atomic mass is 10.0. The summed E-state index contributed by atoms with van der Waals surface area (Å²) in [4.78, 5) is 20.0. The van der Waals surface area contributed by atoms with Crippen LogP contribution in [0.2, 0.25) is 0 Å². The van der Waals surface area contributed by atoms with E-state index in [1.54, 1.807) is 0 Å². The van der Waals surface area contributed by atoms with Crippen molar-refractivity contribution in [1.29, 1.82) is 0 Å². The smallest absolute Gasteiger partial charge is 0.224 e. The summed E-state index contributed by atoms with van der Waals surface area (Å²) in [5, 5.41) is 2.97. The Bertz CT molecular complexity index is 862. The van der Waals surface area contributed by atoms with Gasteiger partial charge in [0.25, 0.3) is 0 Å². The van der Waals surface area contributed by atoms with Gasteiger partial charge in [0.15, 0.2) is 0 Å². The standard InChI is InChI=1S/C21H25N3O/c1-4-20-23-18-11-5-15(13-19(18)24-20)6-12-21(25)22-17-9-7-16(8-10-17)14(2)3/h5,7-11,13-14H,4,6,12H2,1-3H3,(H,22,25)(H,23,24). The van der Waals surface area contributed by atoms with Crippen LogP contribution >= 0.6 is 0 Å². The topological polar surface area (TPSA) is 57.8 Å². The molecule has 0 saturated heterocycles. The SMILES string of the molecule is CCc1nc2ccc(CCC(=O)Nc3ccc(C(C)C)cc3)cc2[nH]1. The summed E-state index contributed by atoms with van der Waals surface area (Å²) in [5.41, 5.74) is 5.29. The summed E-state index contributed by atoms with van der Waals surface area (Å²) < 4.78 is 0. The molecule has 0 spiro atoms. The van der Waals surface area contributed by atoms with Crippen LogP contribution in [0.3, 0.4) is 0 Å². The summed E-state index contributed by atoms with van der Waals surface area (Å²) in [7, 11) is 0. The Balaban J connectivity index is 1.58. The van der Waals surface area contributed by atoms with E-state index in [9.17, 15) is 4.79 Å². The molecule has 4 heteroatoms. The number of nitrogens with one attached hydrogen (secondary N) is 2. The molecule has 3 rings (SSSR count). The van der Waals surface area contributed by atoms with Gasteiger partial charge in [-0.25, -0.2) is 4.98 Å².